The second-order valence-electron chi connectivity index (χ2n) is 4.22. The molecular formula is C14H9ClN4. The van der Waals surface area contributed by atoms with E-state index in [1.54, 1.807) is 18.3 Å². The van der Waals surface area contributed by atoms with Gasteiger partial charge < -0.3 is 0 Å². The van der Waals surface area contributed by atoms with Crippen molar-refractivity contribution >= 4 is 17.2 Å². The summed E-state index contributed by atoms with van der Waals surface area (Å²) < 4.78 is 1.82. The van der Waals surface area contributed by atoms with Gasteiger partial charge in [0.05, 0.1) is 16.7 Å². The average Bonchev–Trinajstić information content (AvgIpc) is 2.84. The third kappa shape index (κ3) is 1.85. The van der Waals surface area contributed by atoms with Gasteiger partial charge in [-0.2, -0.15) is 5.26 Å². The summed E-state index contributed by atoms with van der Waals surface area (Å²) in [6.07, 6.45) is 1.78. The molecule has 0 aliphatic heterocycles. The zero-order chi connectivity index (χ0) is 13.4. The van der Waals surface area contributed by atoms with Gasteiger partial charge in [0.15, 0.2) is 11.5 Å². The lowest BCUT2D eigenvalue weighted by atomic mass is 10.1. The Morgan fingerprint density at radius 1 is 1.26 bits per heavy atom. The van der Waals surface area contributed by atoms with Crippen LogP contribution in [0.3, 0.4) is 0 Å². The molecule has 0 aliphatic rings. The molecule has 3 aromatic rings. The van der Waals surface area contributed by atoms with E-state index < -0.39 is 0 Å². The molecule has 2 heterocycles. The molecule has 3 rings (SSSR count). The summed E-state index contributed by atoms with van der Waals surface area (Å²) in [5, 5.41) is 17.8. The van der Waals surface area contributed by atoms with Crippen LogP contribution in [-0.2, 0) is 0 Å². The summed E-state index contributed by atoms with van der Waals surface area (Å²) in [5.41, 5.74) is 3.01. The van der Waals surface area contributed by atoms with Crippen LogP contribution in [0, 0.1) is 18.3 Å². The summed E-state index contributed by atoms with van der Waals surface area (Å²) in [6, 6.07) is 11.3. The number of aryl methyl sites for hydroxylation is 1. The number of nitriles is 1. The average molecular weight is 269 g/mol. The number of pyridine rings is 1. The molecule has 4 nitrogen and oxygen atoms in total. The van der Waals surface area contributed by atoms with Crippen LogP contribution in [0.15, 0.2) is 36.5 Å². The normalized spacial score (nSPS) is 10.6. The second kappa shape index (κ2) is 4.38. The Balaban J connectivity index is 2.27. The van der Waals surface area contributed by atoms with Crippen LogP contribution in [0.1, 0.15) is 11.1 Å². The van der Waals surface area contributed by atoms with Gasteiger partial charge in [0, 0.05) is 17.8 Å². The first kappa shape index (κ1) is 11.7. The van der Waals surface area contributed by atoms with Gasteiger partial charge in [0.2, 0.25) is 0 Å². The Labute approximate surface area is 114 Å². The van der Waals surface area contributed by atoms with Crippen molar-refractivity contribution in [3.63, 3.8) is 0 Å². The van der Waals surface area contributed by atoms with E-state index in [-0.39, 0.29) is 0 Å². The first-order valence-corrected chi connectivity index (χ1v) is 6.09. The highest BCUT2D eigenvalue weighted by molar-refractivity contribution is 6.33. The molecule has 0 spiro atoms. The predicted octanol–water partition coefficient (Wildman–Crippen LogP) is 3.23. The fourth-order valence-electron chi connectivity index (χ4n) is 1.96. The molecule has 0 N–H and O–H groups in total. The van der Waals surface area contributed by atoms with E-state index in [0.717, 1.165) is 11.1 Å². The Bertz CT molecular complexity index is 814. The topological polar surface area (TPSA) is 54.0 Å². The number of hydrogen-bond donors (Lipinski definition) is 0. The van der Waals surface area contributed by atoms with Crippen LogP contribution in [0.4, 0.5) is 0 Å². The molecule has 0 radical (unpaired) electrons. The van der Waals surface area contributed by atoms with E-state index in [1.807, 2.05) is 29.5 Å². The maximum Gasteiger partial charge on any atom is 0.169 e. The van der Waals surface area contributed by atoms with Gasteiger partial charge in [0.25, 0.3) is 0 Å². The summed E-state index contributed by atoms with van der Waals surface area (Å²) in [7, 11) is 0. The van der Waals surface area contributed by atoms with Crippen LogP contribution in [0.25, 0.3) is 17.0 Å². The highest BCUT2D eigenvalue weighted by Gasteiger charge is 2.12. The number of benzene rings is 1. The standard InChI is InChI=1S/C14H9ClN4/c1-9-3-2-4-11(13(9)15)14-18-17-12-7-10(8-16)5-6-19(12)14/h2-7H,1H3. The van der Waals surface area contributed by atoms with Crippen LogP contribution in [0.2, 0.25) is 5.02 Å². The molecule has 1 aromatic carbocycles. The van der Waals surface area contributed by atoms with Crippen LogP contribution in [0.5, 0.6) is 0 Å². The first-order valence-electron chi connectivity index (χ1n) is 5.71. The Hall–Kier alpha value is -2.38. The summed E-state index contributed by atoms with van der Waals surface area (Å²) >= 11 is 6.31. The van der Waals surface area contributed by atoms with Crippen molar-refractivity contribution < 1.29 is 0 Å². The van der Waals surface area contributed by atoms with Crippen molar-refractivity contribution in [1.29, 1.82) is 5.26 Å². The lowest BCUT2D eigenvalue weighted by Gasteiger charge is -2.05. The highest BCUT2D eigenvalue weighted by Crippen LogP contribution is 2.29. The molecular weight excluding hydrogens is 260 g/mol. The zero-order valence-corrected chi connectivity index (χ0v) is 10.9. The molecule has 0 saturated carbocycles. The number of rotatable bonds is 1. The minimum Gasteiger partial charge on any atom is -0.282 e. The number of halogens is 1. The zero-order valence-electron chi connectivity index (χ0n) is 10.1. The van der Waals surface area contributed by atoms with Crippen molar-refractivity contribution in [2.24, 2.45) is 0 Å². The number of fused-ring (bicyclic) bond motifs is 1. The van der Waals surface area contributed by atoms with Crippen LogP contribution < -0.4 is 0 Å². The Kier molecular flexibility index (Phi) is 2.69. The SMILES string of the molecule is Cc1cccc(-c2nnc3cc(C#N)ccn23)c1Cl. The Morgan fingerprint density at radius 3 is 2.89 bits per heavy atom. The fraction of sp³-hybridized carbons (Fsp3) is 0.0714. The number of hydrogen-bond acceptors (Lipinski definition) is 3. The minimum atomic E-state index is 0.557. The van der Waals surface area contributed by atoms with Gasteiger partial charge in [-0.3, -0.25) is 4.40 Å². The molecule has 0 aliphatic carbocycles. The number of aromatic nitrogens is 3. The van der Waals surface area contributed by atoms with E-state index >= 15 is 0 Å². The summed E-state index contributed by atoms with van der Waals surface area (Å²) in [6.45, 7) is 1.95. The van der Waals surface area contributed by atoms with Crippen LogP contribution in [-0.4, -0.2) is 14.6 Å². The first-order chi connectivity index (χ1) is 9.20. The molecule has 2 aromatic heterocycles. The molecule has 0 amide bonds. The minimum absolute atomic E-state index is 0.557. The van der Waals surface area contributed by atoms with Gasteiger partial charge in [-0.25, -0.2) is 0 Å². The Morgan fingerprint density at radius 2 is 2.11 bits per heavy atom. The monoisotopic (exact) mass is 268 g/mol. The van der Waals surface area contributed by atoms with Crippen LogP contribution >= 0.6 is 11.6 Å². The van der Waals surface area contributed by atoms with E-state index in [9.17, 15) is 0 Å². The van der Waals surface area contributed by atoms with Crippen molar-refractivity contribution in [1.82, 2.24) is 14.6 Å². The third-order valence-corrected chi connectivity index (χ3v) is 3.47. The summed E-state index contributed by atoms with van der Waals surface area (Å²) in [5.74, 6) is 0.674. The predicted molar refractivity (Wildman–Crippen MR) is 72.9 cm³/mol. The third-order valence-electron chi connectivity index (χ3n) is 2.97. The fourth-order valence-corrected chi connectivity index (χ4v) is 2.17. The lowest BCUT2D eigenvalue weighted by Crippen LogP contribution is -1.91. The molecule has 0 unspecified atom stereocenters. The highest BCUT2D eigenvalue weighted by atomic mass is 35.5. The summed E-state index contributed by atoms with van der Waals surface area (Å²) in [4.78, 5) is 0. The van der Waals surface area contributed by atoms with Gasteiger partial charge in [-0.15, -0.1) is 10.2 Å². The largest absolute Gasteiger partial charge is 0.282 e. The molecule has 0 bridgehead atoms. The molecule has 19 heavy (non-hydrogen) atoms. The molecule has 0 fully saturated rings. The number of nitrogens with zero attached hydrogens (tertiary/aromatic N) is 4. The van der Waals surface area contributed by atoms with Gasteiger partial charge >= 0.3 is 0 Å². The van der Waals surface area contributed by atoms with E-state index in [2.05, 4.69) is 16.3 Å². The quantitative estimate of drug-likeness (QED) is 0.681. The van der Waals surface area contributed by atoms with Crippen molar-refractivity contribution in [2.75, 3.05) is 0 Å². The van der Waals surface area contributed by atoms with Crippen molar-refractivity contribution in [3.05, 3.63) is 52.7 Å². The van der Waals surface area contributed by atoms with Crippen molar-refractivity contribution in [2.45, 2.75) is 6.92 Å². The maximum atomic E-state index is 8.87. The second-order valence-corrected chi connectivity index (χ2v) is 4.59. The van der Waals surface area contributed by atoms with E-state index in [0.29, 0.717) is 22.1 Å². The van der Waals surface area contributed by atoms with E-state index in [4.69, 9.17) is 16.9 Å². The maximum absolute atomic E-state index is 8.87. The van der Waals surface area contributed by atoms with Gasteiger partial charge in [-0.05, 0) is 24.6 Å². The van der Waals surface area contributed by atoms with E-state index in [1.165, 1.54) is 0 Å². The molecule has 92 valence electrons. The van der Waals surface area contributed by atoms with Crippen molar-refractivity contribution in [3.8, 4) is 17.5 Å². The smallest absolute Gasteiger partial charge is 0.169 e. The molecule has 0 saturated heterocycles. The van der Waals surface area contributed by atoms with Gasteiger partial charge in [0.1, 0.15) is 0 Å². The molecule has 5 heteroatoms. The molecule has 0 atom stereocenters. The van der Waals surface area contributed by atoms with Gasteiger partial charge in [-0.1, -0.05) is 23.7 Å². The lowest BCUT2D eigenvalue weighted by molar-refractivity contribution is 1.11.